The van der Waals surface area contributed by atoms with Crippen LogP contribution in [0.3, 0.4) is 0 Å². The third kappa shape index (κ3) is 4.04. The van der Waals surface area contributed by atoms with Gasteiger partial charge in [0.2, 0.25) is 0 Å². The number of halogens is 1. The largest absolute Gasteiger partial charge is 0.497 e. The van der Waals surface area contributed by atoms with Gasteiger partial charge in [-0.2, -0.15) is 0 Å². The molecule has 2 aromatic carbocycles. The molecular weight excluding hydrogens is 309 g/mol. The number of benzene rings is 2. The lowest BCUT2D eigenvalue weighted by atomic mass is 9.95. The normalized spacial score (nSPS) is 11.9. The predicted molar refractivity (Wildman–Crippen MR) is 91.0 cm³/mol. The lowest BCUT2D eigenvalue weighted by Gasteiger charge is -2.23. The number of amides is 1. The van der Waals surface area contributed by atoms with E-state index in [1.54, 1.807) is 37.4 Å². The molecule has 5 heteroatoms. The molecule has 0 bridgehead atoms. The van der Waals surface area contributed by atoms with E-state index in [1.807, 2.05) is 13.8 Å². The van der Waals surface area contributed by atoms with Crippen molar-refractivity contribution in [3.8, 4) is 11.5 Å². The van der Waals surface area contributed by atoms with Crippen LogP contribution in [0.2, 0.25) is 0 Å². The Morgan fingerprint density at radius 2 is 1.71 bits per heavy atom. The number of ether oxygens (including phenoxy) is 2. The van der Waals surface area contributed by atoms with Crippen molar-refractivity contribution in [2.75, 3.05) is 14.2 Å². The molecule has 0 saturated carbocycles. The topological polar surface area (TPSA) is 47.6 Å². The molecule has 2 rings (SSSR count). The second-order valence-corrected chi connectivity index (χ2v) is 5.81. The van der Waals surface area contributed by atoms with Crippen LogP contribution < -0.4 is 14.8 Å². The molecule has 0 aromatic heterocycles. The van der Waals surface area contributed by atoms with Crippen molar-refractivity contribution in [1.29, 1.82) is 0 Å². The highest BCUT2D eigenvalue weighted by Gasteiger charge is 2.21. The summed E-state index contributed by atoms with van der Waals surface area (Å²) < 4.78 is 23.6. The van der Waals surface area contributed by atoms with Gasteiger partial charge in [-0.3, -0.25) is 4.79 Å². The highest BCUT2D eigenvalue weighted by molar-refractivity contribution is 5.97. The molecule has 0 aliphatic heterocycles. The van der Waals surface area contributed by atoms with E-state index in [4.69, 9.17) is 9.47 Å². The number of hydrogen-bond acceptors (Lipinski definition) is 3. The van der Waals surface area contributed by atoms with Gasteiger partial charge >= 0.3 is 0 Å². The van der Waals surface area contributed by atoms with Gasteiger partial charge in [-0.15, -0.1) is 0 Å². The van der Waals surface area contributed by atoms with Crippen molar-refractivity contribution in [1.82, 2.24) is 5.32 Å². The van der Waals surface area contributed by atoms with E-state index in [-0.39, 0.29) is 23.7 Å². The van der Waals surface area contributed by atoms with Gasteiger partial charge in [0.05, 0.1) is 25.8 Å². The van der Waals surface area contributed by atoms with Crippen LogP contribution in [0, 0.1) is 11.7 Å². The number of rotatable bonds is 6. The number of hydrogen-bond donors (Lipinski definition) is 1. The van der Waals surface area contributed by atoms with Crippen molar-refractivity contribution in [3.05, 3.63) is 59.4 Å². The van der Waals surface area contributed by atoms with E-state index in [0.29, 0.717) is 17.1 Å². The van der Waals surface area contributed by atoms with E-state index in [0.717, 1.165) is 5.56 Å². The zero-order valence-corrected chi connectivity index (χ0v) is 14.3. The third-order valence-electron chi connectivity index (χ3n) is 3.83. The molecule has 0 heterocycles. The Hall–Kier alpha value is -2.56. The van der Waals surface area contributed by atoms with Gasteiger partial charge in [0, 0.05) is 0 Å². The zero-order valence-electron chi connectivity index (χ0n) is 14.3. The molecule has 0 saturated heterocycles. The van der Waals surface area contributed by atoms with E-state index in [9.17, 15) is 9.18 Å². The van der Waals surface area contributed by atoms with Crippen LogP contribution in [0.4, 0.5) is 4.39 Å². The van der Waals surface area contributed by atoms with Gasteiger partial charge in [0.15, 0.2) is 0 Å². The van der Waals surface area contributed by atoms with E-state index in [1.165, 1.54) is 19.2 Å². The Labute approximate surface area is 141 Å². The first-order valence-electron chi connectivity index (χ1n) is 7.74. The highest BCUT2D eigenvalue weighted by Crippen LogP contribution is 2.27. The minimum absolute atomic E-state index is 0.135. The molecule has 4 nitrogen and oxygen atoms in total. The summed E-state index contributed by atoms with van der Waals surface area (Å²) in [6.45, 7) is 3.99. The average molecular weight is 331 g/mol. The van der Waals surface area contributed by atoms with Crippen LogP contribution in [0.25, 0.3) is 0 Å². The Balaban J connectivity index is 2.30. The van der Waals surface area contributed by atoms with Crippen LogP contribution in [0.15, 0.2) is 42.5 Å². The molecule has 0 fully saturated rings. The summed E-state index contributed by atoms with van der Waals surface area (Å²) in [6, 6.07) is 11.0. The first-order valence-corrected chi connectivity index (χ1v) is 7.74. The zero-order chi connectivity index (χ0) is 17.7. The van der Waals surface area contributed by atoms with Gasteiger partial charge in [-0.25, -0.2) is 4.39 Å². The maximum Gasteiger partial charge on any atom is 0.255 e. The van der Waals surface area contributed by atoms with Crippen molar-refractivity contribution in [2.45, 2.75) is 19.9 Å². The molecule has 1 atom stereocenters. The van der Waals surface area contributed by atoms with Crippen LogP contribution in [0.5, 0.6) is 11.5 Å². The second kappa shape index (κ2) is 7.81. The number of carbonyl (C=O) groups is 1. The summed E-state index contributed by atoms with van der Waals surface area (Å²) in [4.78, 5) is 12.7. The summed E-state index contributed by atoms with van der Waals surface area (Å²) in [5.74, 6) is 0.602. The van der Waals surface area contributed by atoms with E-state index >= 15 is 0 Å². The Bertz CT molecular complexity index is 698. The molecular formula is C19H22FNO3. The molecule has 0 aliphatic carbocycles. The standard InChI is InChI=1S/C19H22FNO3/c1-12(2)18(13-5-7-14(20)8-6-13)21-19(22)16-11-15(23-3)9-10-17(16)24-4/h5-12,18H,1-4H3,(H,21,22). The number of nitrogens with one attached hydrogen (secondary N) is 1. The van der Waals surface area contributed by atoms with Crippen LogP contribution >= 0.6 is 0 Å². The minimum atomic E-state index is -0.304. The summed E-state index contributed by atoms with van der Waals surface area (Å²) in [6.07, 6.45) is 0. The smallest absolute Gasteiger partial charge is 0.255 e. The Morgan fingerprint density at radius 3 is 2.25 bits per heavy atom. The summed E-state index contributed by atoms with van der Waals surface area (Å²) in [7, 11) is 3.05. The Morgan fingerprint density at radius 1 is 1.04 bits per heavy atom. The number of carbonyl (C=O) groups excluding carboxylic acids is 1. The number of methoxy groups -OCH3 is 2. The average Bonchev–Trinajstić information content (AvgIpc) is 2.59. The Kier molecular flexibility index (Phi) is 5.79. The van der Waals surface area contributed by atoms with Gasteiger partial charge in [-0.1, -0.05) is 26.0 Å². The SMILES string of the molecule is COc1ccc(OC)c(C(=O)NC(c2ccc(F)cc2)C(C)C)c1. The van der Waals surface area contributed by atoms with Crippen LogP contribution in [-0.2, 0) is 0 Å². The second-order valence-electron chi connectivity index (χ2n) is 5.81. The molecule has 1 N–H and O–H groups in total. The molecule has 0 aliphatic rings. The first kappa shape index (κ1) is 17.8. The monoisotopic (exact) mass is 331 g/mol. The van der Waals surface area contributed by atoms with Crippen molar-refractivity contribution < 1.29 is 18.7 Å². The van der Waals surface area contributed by atoms with Crippen LogP contribution in [0.1, 0.15) is 35.8 Å². The highest BCUT2D eigenvalue weighted by atomic mass is 19.1. The van der Waals surface area contributed by atoms with E-state index in [2.05, 4.69) is 5.32 Å². The van der Waals surface area contributed by atoms with Crippen molar-refractivity contribution in [3.63, 3.8) is 0 Å². The molecule has 128 valence electrons. The summed E-state index contributed by atoms with van der Waals surface area (Å²) in [5, 5.41) is 3.00. The van der Waals surface area contributed by atoms with E-state index < -0.39 is 0 Å². The van der Waals surface area contributed by atoms with Gasteiger partial charge in [0.25, 0.3) is 5.91 Å². The lowest BCUT2D eigenvalue weighted by Crippen LogP contribution is -2.32. The van der Waals surface area contributed by atoms with Gasteiger partial charge in [0.1, 0.15) is 17.3 Å². The third-order valence-corrected chi connectivity index (χ3v) is 3.83. The lowest BCUT2D eigenvalue weighted by molar-refractivity contribution is 0.0922. The maximum absolute atomic E-state index is 13.1. The molecule has 1 unspecified atom stereocenters. The molecule has 0 spiro atoms. The fraction of sp³-hybridized carbons (Fsp3) is 0.316. The summed E-state index contributed by atoms with van der Waals surface area (Å²) >= 11 is 0. The molecule has 24 heavy (non-hydrogen) atoms. The van der Waals surface area contributed by atoms with Gasteiger partial charge in [-0.05, 0) is 41.8 Å². The summed E-state index contributed by atoms with van der Waals surface area (Å²) in [5.41, 5.74) is 1.24. The van der Waals surface area contributed by atoms with Crippen LogP contribution in [-0.4, -0.2) is 20.1 Å². The molecule has 0 radical (unpaired) electrons. The maximum atomic E-state index is 13.1. The fourth-order valence-corrected chi connectivity index (χ4v) is 2.52. The molecule has 2 aromatic rings. The predicted octanol–water partition coefficient (Wildman–Crippen LogP) is 3.97. The fourth-order valence-electron chi connectivity index (χ4n) is 2.52. The first-order chi connectivity index (χ1) is 11.5. The molecule has 1 amide bonds. The minimum Gasteiger partial charge on any atom is -0.497 e. The van der Waals surface area contributed by atoms with Crippen molar-refractivity contribution >= 4 is 5.91 Å². The van der Waals surface area contributed by atoms with Gasteiger partial charge < -0.3 is 14.8 Å². The quantitative estimate of drug-likeness (QED) is 0.871. The van der Waals surface area contributed by atoms with Crippen molar-refractivity contribution in [2.24, 2.45) is 5.92 Å².